The molecule has 0 aliphatic rings. The fraction of sp³-hybridized carbons (Fsp3) is 0.429. The van der Waals surface area contributed by atoms with Crippen molar-refractivity contribution in [3.63, 3.8) is 0 Å². The smallest absolute Gasteiger partial charge is 0.0717 e. The zero-order valence-corrected chi connectivity index (χ0v) is 11.4. The van der Waals surface area contributed by atoms with Crippen molar-refractivity contribution in [2.75, 3.05) is 18.4 Å². The van der Waals surface area contributed by atoms with Crippen LogP contribution < -0.4 is 0 Å². The summed E-state index contributed by atoms with van der Waals surface area (Å²) in [6.45, 7) is 4.88. The second-order valence-electron chi connectivity index (χ2n) is 4.24. The molecule has 17 heavy (non-hydrogen) atoms. The molecule has 0 radical (unpaired) electrons. The average molecular weight is 273 g/mol. The van der Waals surface area contributed by atoms with Crippen LogP contribution in [0.2, 0.25) is 0 Å². The van der Waals surface area contributed by atoms with Crippen molar-refractivity contribution >= 4 is 23.2 Å². The van der Waals surface area contributed by atoms with Gasteiger partial charge in [-0.25, -0.2) is 0 Å². The van der Waals surface area contributed by atoms with Gasteiger partial charge in [-0.15, -0.1) is 29.8 Å². The first-order valence-corrected chi connectivity index (χ1v) is 6.68. The minimum absolute atomic E-state index is 0.195. The van der Waals surface area contributed by atoms with Crippen molar-refractivity contribution < 1.29 is 4.74 Å². The van der Waals surface area contributed by atoms with Gasteiger partial charge in [0.1, 0.15) is 0 Å². The highest BCUT2D eigenvalue weighted by Crippen LogP contribution is 2.27. The predicted octanol–water partition coefficient (Wildman–Crippen LogP) is 4.24. The molecule has 0 saturated heterocycles. The molecule has 0 heterocycles. The van der Waals surface area contributed by atoms with Gasteiger partial charge in [-0.2, -0.15) is 0 Å². The van der Waals surface area contributed by atoms with Gasteiger partial charge in [0.25, 0.3) is 0 Å². The Labute approximate surface area is 113 Å². The van der Waals surface area contributed by atoms with Gasteiger partial charge in [-0.3, -0.25) is 0 Å². The summed E-state index contributed by atoms with van der Waals surface area (Å²) in [5.41, 5.74) is 0.962. The first kappa shape index (κ1) is 14.6. The van der Waals surface area contributed by atoms with Crippen molar-refractivity contribution in [1.29, 1.82) is 0 Å². The lowest BCUT2D eigenvalue weighted by molar-refractivity contribution is 0.0559. The van der Waals surface area contributed by atoms with Gasteiger partial charge in [0.15, 0.2) is 0 Å². The number of alkyl halides is 2. The van der Waals surface area contributed by atoms with E-state index in [9.17, 15) is 0 Å². The van der Waals surface area contributed by atoms with E-state index in [2.05, 4.69) is 6.58 Å². The van der Waals surface area contributed by atoms with E-state index >= 15 is 0 Å². The van der Waals surface area contributed by atoms with Crippen molar-refractivity contribution in [2.24, 2.45) is 5.41 Å². The topological polar surface area (TPSA) is 9.23 Å². The van der Waals surface area contributed by atoms with Crippen LogP contribution in [0.4, 0.5) is 0 Å². The molecular formula is C14H18Cl2O. The fourth-order valence-corrected chi connectivity index (χ4v) is 2.20. The molecule has 0 atom stereocenters. The van der Waals surface area contributed by atoms with Gasteiger partial charge < -0.3 is 4.74 Å². The SMILES string of the molecule is C=CCC(CCl)(CCl)COCc1ccccc1. The van der Waals surface area contributed by atoms with E-state index < -0.39 is 0 Å². The van der Waals surface area contributed by atoms with E-state index in [1.807, 2.05) is 36.4 Å². The molecule has 1 nitrogen and oxygen atoms in total. The minimum Gasteiger partial charge on any atom is -0.376 e. The number of ether oxygens (including phenoxy) is 1. The Hall–Kier alpha value is -0.500. The van der Waals surface area contributed by atoms with Crippen LogP contribution in [0.15, 0.2) is 43.0 Å². The van der Waals surface area contributed by atoms with E-state index in [0.29, 0.717) is 25.0 Å². The van der Waals surface area contributed by atoms with E-state index in [1.165, 1.54) is 0 Å². The fourth-order valence-electron chi connectivity index (χ4n) is 1.55. The van der Waals surface area contributed by atoms with Crippen molar-refractivity contribution in [2.45, 2.75) is 13.0 Å². The Kier molecular flexibility index (Phi) is 6.64. The first-order valence-electron chi connectivity index (χ1n) is 5.61. The third-order valence-electron chi connectivity index (χ3n) is 2.66. The zero-order valence-electron chi connectivity index (χ0n) is 9.87. The van der Waals surface area contributed by atoms with Gasteiger partial charge in [-0.05, 0) is 12.0 Å². The molecule has 0 bridgehead atoms. The van der Waals surface area contributed by atoms with E-state index in [0.717, 1.165) is 12.0 Å². The molecule has 0 spiro atoms. The largest absolute Gasteiger partial charge is 0.376 e. The predicted molar refractivity (Wildman–Crippen MR) is 74.8 cm³/mol. The third kappa shape index (κ3) is 4.71. The Morgan fingerprint density at radius 2 is 1.82 bits per heavy atom. The maximum atomic E-state index is 5.97. The number of halogens is 2. The van der Waals surface area contributed by atoms with Crippen LogP contribution in [0.1, 0.15) is 12.0 Å². The maximum Gasteiger partial charge on any atom is 0.0717 e. The molecule has 0 saturated carbocycles. The second kappa shape index (κ2) is 7.75. The average Bonchev–Trinajstić information content (AvgIpc) is 2.39. The summed E-state index contributed by atoms with van der Waals surface area (Å²) < 4.78 is 5.70. The lowest BCUT2D eigenvalue weighted by atomic mass is 9.90. The van der Waals surface area contributed by atoms with Crippen LogP contribution in [0.5, 0.6) is 0 Å². The number of benzene rings is 1. The highest BCUT2D eigenvalue weighted by molar-refractivity contribution is 6.21. The molecular weight excluding hydrogens is 255 g/mol. The van der Waals surface area contributed by atoms with Crippen LogP contribution in [-0.2, 0) is 11.3 Å². The molecule has 0 aliphatic carbocycles. The molecule has 3 heteroatoms. The molecule has 0 aliphatic heterocycles. The molecule has 0 aromatic heterocycles. The molecule has 1 rings (SSSR count). The molecule has 0 amide bonds. The Morgan fingerprint density at radius 1 is 1.18 bits per heavy atom. The van der Waals surface area contributed by atoms with Gasteiger partial charge in [0, 0.05) is 17.2 Å². The van der Waals surface area contributed by atoms with Crippen molar-refractivity contribution in [1.82, 2.24) is 0 Å². The van der Waals surface area contributed by atoms with Crippen LogP contribution in [-0.4, -0.2) is 18.4 Å². The van der Waals surface area contributed by atoms with Crippen LogP contribution in [0.3, 0.4) is 0 Å². The molecule has 0 N–H and O–H groups in total. The zero-order chi connectivity index (χ0) is 12.6. The van der Waals surface area contributed by atoms with Crippen LogP contribution in [0, 0.1) is 5.41 Å². The van der Waals surface area contributed by atoms with Crippen molar-refractivity contribution in [3.8, 4) is 0 Å². The summed E-state index contributed by atoms with van der Waals surface area (Å²) in [6.07, 6.45) is 2.62. The molecule has 0 unspecified atom stereocenters. The molecule has 1 aromatic carbocycles. The summed E-state index contributed by atoms with van der Waals surface area (Å²) in [7, 11) is 0. The quantitative estimate of drug-likeness (QED) is 0.508. The van der Waals surface area contributed by atoms with Gasteiger partial charge in [-0.1, -0.05) is 36.4 Å². The lowest BCUT2D eigenvalue weighted by Gasteiger charge is -2.27. The van der Waals surface area contributed by atoms with Crippen LogP contribution >= 0.6 is 23.2 Å². The summed E-state index contributed by atoms with van der Waals surface area (Å²) in [5.74, 6) is 0.967. The number of rotatable bonds is 8. The minimum atomic E-state index is -0.195. The van der Waals surface area contributed by atoms with Crippen LogP contribution in [0.25, 0.3) is 0 Å². The summed E-state index contributed by atoms with van der Waals surface area (Å²) in [4.78, 5) is 0. The van der Waals surface area contributed by atoms with E-state index in [-0.39, 0.29) is 5.41 Å². The van der Waals surface area contributed by atoms with Gasteiger partial charge >= 0.3 is 0 Å². The number of allylic oxidation sites excluding steroid dienone is 1. The second-order valence-corrected chi connectivity index (χ2v) is 4.77. The Morgan fingerprint density at radius 3 is 2.35 bits per heavy atom. The van der Waals surface area contributed by atoms with Crippen molar-refractivity contribution in [3.05, 3.63) is 48.6 Å². The highest BCUT2D eigenvalue weighted by atomic mass is 35.5. The number of hydrogen-bond donors (Lipinski definition) is 0. The Balaban J connectivity index is 2.44. The number of hydrogen-bond acceptors (Lipinski definition) is 1. The van der Waals surface area contributed by atoms with Gasteiger partial charge in [0.05, 0.1) is 13.2 Å². The summed E-state index contributed by atoms with van der Waals surface area (Å²) in [5, 5.41) is 0. The van der Waals surface area contributed by atoms with E-state index in [1.54, 1.807) is 0 Å². The van der Waals surface area contributed by atoms with E-state index in [4.69, 9.17) is 27.9 Å². The third-order valence-corrected chi connectivity index (χ3v) is 3.80. The highest BCUT2D eigenvalue weighted by Gasteiger charge is 2.27. The summed E-state index contributed by atoms with van der Waals surface area (Å²) in [6, 6.07) is 10.1. The first-order chi connectivity index (χ1) is 8.26. The molecule has 1 aromatic rings. The Bertz CT molecular complexity index is 320. The standard InChI is InChI=1S/C14H18Cl2O/c1-2-8-14(10-15,11-16)12-17-9-13-6-4-3-5-7-13/h2-7H,1,8-12H2. The normalized spacial score (nSPS) is 11.4. The molecule has 94 valence electrons. The maximum absolute atomic E-state index is 5.97. The monoisotopic (exact) mass is 272 g/mol. The summed E-state index contributed by atoms with van der Waals surface area (Å²) >= 11 is 11.9. The van der Waals surface area contributed by atoms with Gasteiger partial charge in [0.2, 0.25) is 0 Å². The molecule has 0 fully saturated rings. The lowest BCUT2D eigenvalue weighted by Crippen LogP contribution is -2.30.